The molecule has 2 saturated heterocycles. The van der Waals surface area contributed by atoms with Crippen LogP contribution in [0.4, 0.5) is 26.3 Å². The lowest BCUT2D eigenvalue weighted by molar-refractivity contribution is -0.141. The molecule has 1 amide bonds. The van der Waals surface area contributed by atoms with E-state index in [0.717, 1.165) is 35.9 Å². The summed E-state index contributed by atoms with van der Waals surface area (Å²) >= 11 is 6.11. The van der Waals surface area contributed by atoms with Crippen molar-refractivity contribution in [3.8, 4) is 5.75 Å². The third kappa shape index (κ3) is 6.64. The van der Waals surface area contributed by atoms with Gasteiger partial charge in [-0.2, -0.15) is 13.2 Å². The molecule has 2 aromatic rings. The average molecular weight is 619 g/mol. The highest BCUT2D eigenvalue weighted by atomic mass is 35.5. The van der Waals surface area contributed by atoms with Crippen molar-refractivity contribution in [2.75, 3.05) is 26.2 Å². The van der Waals surface area contributed by atoms with Gasteiger partial charge < -0.3 is 14.7 Å². The van der Waals surface area contributed by atoms with E-state index in [1.165, 1.54) is 12.1 Å². The van der Waals surface area contributed by atoms with Crippen molar-refractivity contribution in [3.05, 3.63) is 63.4 Å². The van der Waals surface area contributed by atoms with Crippen molar-refractivity contribution in [1.29, 1.82) is 0 Å². The molecule has 0 aromatic heterocycles. The maximum absolute atomic E-state index is 15.7. The van der Waals surface area contributed by atoms with E-state index in [4.69, 9.17) is 16.3 Å². The van der Waals surface area contributed by atoms with Crippen LogP contribution in [0.15, 0.2) is 30.3 Å². The molecule has 2 atom stereocenters. The maximum atomic E-state index is 15.7. The summed E-state index contributed by atoms with van der Waals surface area (Å²) < 4.78 is 89.9. The number of likely N-dealkylation sites (tertiary alicyclic amines) is 2. The Bertz CT molecular complexity index is 1360. The molecular weight excluding hydrogens is 590 g/mol. The average Bonchev–Trinajstić information content (AvgIpc) is 3.69. The summed E-state index contributed by atoms with van der Waals surface area (Å²) in [7, 11) is 0. The smallest absolute Gasteiger partial charge is 0.416 e. The number of ether oxygens (including phenoxy) is 1. The summed E-state index contributed by atoms with van der Waals surface area (Å²) in [5.74, 6) is -3.23. The predicted octanol–water partition coefficient (Wildman–Crippen LogP) is 6.40. The number of rotatable bonds is 8. The zero-order chi connectivity index (χ0) is 30.4. The van der Waals surface area contributed by atoms with Gasteiger partial charge in [-0.05, 0) is 67.0 Å². The number of benzene rings is 2. The number of alkyl halides is 5. The number of carboxylic acids is 1. The van der Waals surface area contributed by atoms with Gasteiger partial charge in [-0.3, -0.25) is 9.69 Å². The van der Waals surface area contributed by atoms with Crippen molar-refractivity contribution in [3.63, 3.8) is 0 Å². The first-order chi connectivity index (χ1) is 19.7. The van der Waals surface area contributed by atoms with E-state index in [1.54, 1.807) is 4.90 Å². The largest absolute Gasteiger partial charge is 0.490 e. The maximum Gasteiger partial charge on any atom is 0.416 e. The van der Waals surface area contributed by atoms with Crippen LogP contribution >= 0.6 is 11.6 Å². The molecule has 2 heterocycles. The van der Waals surface area contributed by atoms with Gasteiger partial charge >= 0.3 is 12.1 Å². The van der Waals surface area contributed by atoms with Crippen LogP contribution in [-0.2, 0) is 17.5 Å². The summed E-state index contributed by atoms with van der Waals surface area (Å²) in [6, 6.07) is 3.99. The van der Waals surface area contributed by atoms with Crippen molar-refractivity contribution in [2.45, 2.75) is 68.6 Å². The lowest BCUT2D eigenvalue weighted by atomic mass is 9.93. The minimum Gasteiger partial charge on any atom is -0.490 e. The Balaban J connectivity index is 1.24. The Labute approximate surface area is 243 Å². The molecule has 2 aromatic carbocycles. The first-order valence-corrected chi connectivity index (χ1v) is 14.0. The monoisotopic (exact) mass is 618 g/mol. The third-order valence-corrected chi connectivity index (χ3v) is 8.52. The minimum atomic E-state index is -4.51. The van der Waals surface area contributed by atoms with E-state index in [9.17, 15) is 32.3 Å². The molecule has 2 aliphatic heterocycles. The standard InChI is InChI=1S/C29H29ClF6N2O4/c30-22-4-3-18(29(34,35)36)9-17(22)13-37-7-5-28(33,6-8-37)15-42-25-12-23(32)21(11-20(25)16-1-2-16)26(39)38-14-19(31)10-24(38)27(40)41/h3-4,9,11-12,16,19,24H,1-2,5-8,10,13-15H2,(H,40,41)/t19-,24+/m1/s1. The van der Waals surface area contributed by atoms with E-state index in [2.05, 4.69) is 0 Å². The van der Waals surface area contributed by atoms with E-state index in [-0.39, 0.29) is 61.2 Å². The lowest BCUT2D eigenvalue weighted by Gasteiger charge is -2.36. The lowest BCUT2D eigenvalue weighted by Crippen LogP contribution is -2.44. The summed E-state index contributed by atoms with van der Waals surface area (Å²) in [5, 5.41) is 9.55. The van der Waals surface area contributed by atoms with E-state index >= 15 is 8.78 Å². The number of carbonyl (C=O) groups excluding carboxylic acids is 1. The van der Waals surface area contributed by atoms with Crippen molar-refractivity contribution in [2.24, 2.45) is 0 Å². The number of aliphatic carboxylic acids is 1. The van der Waals surface area contributed by atoms with Crippen LogP contribution in [0.2, 0.25) is 5.02 Å². The van der Waals surface area contributed by atoms with Gasteiger partial charge in [0, 0.05) is 37.1 Å². The second kappa shape index (κ2) is 11.6. The number of carboxylic acid groups (broad SMARTS) is 1. The summed E-state index contributed by atoms with van der Waals surface area (Å²) in [6.45, 7) is -0.253. The summed E-state index contributed by atoms with van der Waals surface area (Å²) in [5.41, 5.74) is -2.18. The fourth-order valence-corrected chi connectivity index (χ4v) is 5.73. The molecule has 13 heteroatoms. The first kappa shape index (κ1) is 30.5. The highest BCUT2D eigenvalue weighted by molar-refractivity contribution is 6.31. The quantitative estimate of drug-likeness (QED) is 0.347. The van der Waals surface area contributed by atoms with Gasteiger partial charge in [0.2, 0.25) is 0 Å². The van der Waals surface area contributed by atoms with Crippen LogP contribution in [0, 0.1) is 5.82 Å². The minimum absolute atomic E-state index is 0.0251. The number of amides is 1. The zero-order valence-electron chi connectivity index (χ0n) is 22.4. The highest BCUT2D eigenvalue weighted by Crippen LogP contribution is 2.46. The number of piperidine rings is 1. The molecule has 6 nitrogen and oxygen atoms in total. The van der Waals surface area contributed by atoms with Gasteiger partial charge in [-0.15, -0.1) is 0 Å². The fourth-order valence-electron chi connectivity index (χ4n) is 5.55. The normalized spacial score (nSPS) is 22.8. The Hall–Kier alpha value is -2.99. The fraction of sp³-hybridized carbons (Fsp3) is 0.517. The molecule has 0 radical (unpaired) electrons. The predicted molar refractivity (Wildman–Crippen MR) is 141 cm³/mol. The van der Waals surface area contributed by atoms with Crippen molar-refractivity contribution >= 4 is 23.5 Å². The molecule has 0 bridgehead atoms. The molecule has 42 heavy (non-hydrogen) atoms. The Kier molecular flexibility index (Phi) is 8.41. The van der Waals surface area contributed by atoms with E-state index < -0.39 is 60.5 Å². The number of halogens is 7. The van der Waals surface area contributed by atoms with Crippen molar-refractivity contribution in [1.82, 2.24) is 9.80 Å². The zero-order valence-corrected chi connectivity index (χ0v) is 23.2. The SMILES string of the molecule is O=C(O)[C@@H]1C[C@@H](F)CN1C(=O)c1cc(C2CC2)c(OCC2(F)CCN(Cc3cc(C(F)(F)F)ccc3Cl)CC2)cc1F. The second-order valence-electron chi connectivity index (χ2n) is 11.3. The van der Waals surface area contributed by atoms with Gasteiger partial charge in [0.25, 0.3) is 5.91 Å². The van der Waals surface area contributed by atoms with Crippen LogP contribution in [0.1, 0.15) is 65.1 Å². The highest BCUT2D eigenvalue weighted by Gasteiger charge is 2.42. The van der Waals surface area contributed by atoms with Gasteiger partial charge in [0.05, 0.1) is 17.7 Å². The van der Waals surface area contributed by atoms with Gasteiger partial charge in [-0.1, -0.05) is 11.6 Å². The molecule has 3 fully saturated rings. The summed E-state index contributed by atoms with van der Waals surface area (Å²) in [6.07, 6.45) is -4.87. The molecular formula is C29H29ClF6N2O4. The number of hydrogen-bond acceptors (Lipinski definition) is 4. The summed E-state index contributed by atoms with van der Waals surface area (Å²) in [4.78, 5) is 27.2. The molecule has 1 saturated carbocycles. The van der Waals surface area contributed by atoms with Crippen LogP contribution in [0.5, 0.6) is 5.75 Å². The third-order valence-electron chi connectivity index (χ3n) is 8.15. The van der Waals surface area contributed by atoms with Crippen LogP contribution in [0.25, 0.3) is 0 Å². The molecule has 1 N–H and O–H groups in total. The molecule has 0 unspecified atom stereocenters. The molecule has 5 rings (SSSR count). The van der Waals surface area contributed by atoms with Crippen LogP contribution in [-0.4, -0.2) is 70.9 Å². The van der Waals surface area contributed by atoms with Gasteiger partial charge in [0.15, 0.2) is 0 Å². The van der Waals surface area contributed by atoms with Crippen molar-refractivity contribution < 1.29 is 45.8 Å². The molecule has 1 aliphatic carbocycles. The van der Waals surface area contributed by atoms with E-state index in [0.29, 0.717) is 11.1 Å². The number of hydrogen-bond donors (Lipinski definition) is 1. The molecule has 0 spiro atoms. The van der Waals surface area contributed by atoms with E-state index in [1.807, 2.05) is 0 Å². The molecule has 3 aliphatic rings. The van der Waals surface area contributed by atoms with Gasteiger partial charge in [-0.25, -0.2) is 18.0 Å². The van der Waals surface area contributed by atoms with Crippen LogP contribution in [0.3, 0.4) is 0 Å². The first-order valence-electron chi connectivity index (χ1n) is 13.6. The number of nitrogens with zero attached hydrogens (tertiary/aromatic N) is 2. The Morgan fingerprint density at radius 3 is 2.43 bits per heavy atom. The van der Waals surface area contributed by atoms with Crippen LogP contribution < -0.4 is 4.74 Å². The Morgan fingerprint density at radius 2 is 1.81 bits per heavy atom. The van der Waals surface area contributed by atoms with Gasteiger partial charge in [0.1, 0.15) is 36.1 Å². The molecule has 228 valence electrons. The second-order valence-corrected chi connectivity index (χ2v) is 11.7. The number of carbonyl (C=O) groups is 2. The topological polar surface area (TPSA) is 70.1 Å². The Morgan fingerprint density at radius 1 is 1.12 bits per heavy atom.